The third kappa shape index (κ3) is 2.55. The van der Waals surface area contributed by atoms with Gasteiger partial charge in [0.1, 0.15) is 5.82 Å². The maximum Gasteiger partial charge on any atom is 0.125 e. The minimum Gasteiger partial charge on any atom is -0.370 e. The molecule has 2 rings (SSSR count). The first-order valence-electron chi connectivity index (χ1n) is 6.41. The van der Waals surface area contributed by atoms with Gasteiger partial charge in [0.05, 0.1) is 0 Å². The van der Waals surface area contributed by atoms with Gasteiger partial charge in [-0.15, -0.1) is 0 Å². The lowest BCUT2D eigenvalue weighted by atomic mass is 9.83. The van der Waals surface area contributed by atoms with Gasteiger partial charge in [-0.2, -0.15) is 0 Å². The minimum atomic E-state index is 0.534. The van der Waals surface area contributed by atoms with E-state index in [2.05, 4.69) is 36.3 Å². The number of rotatable bonds is 4. The van der Waals surface area contributed by atoms with E-state index in [0.29, 0.717) is 5.41 Å². The van der Waals surface area contributed by atoms with Gasteiger partial charge in [0, 0.05) is 12.7 Å². The molecule has 2 nitrogen and oxygen atoms in total. The molecule has 1 fully saturated rings. The first-order chi connectivity index (χ1) is 7.74. The lowest BCUT2D eigenvalue weighted by Crippen LogP contribution is -2.26. The normalized spacial score (nSPS) is 18.6. The highest BCUT2D eigenvalue weighted by Crippen LogP contribution is 2.40. The Balaban J connectivity index is 1.93. The van der Waals surface area contributed by atoms with E-state index in [1.807, 2.05) is 6.20 Å². The Morgan fingerprint density at radius 1 is 1.31 bits per heavy atom. The third-order valence-electron chi connectivity index (χ3n) is 3.97. The Bertz CT molecular complexity index is 323. The molecule has 0 atom stereocenters. The summed E-state index contributed by atoms with van der Waals surface area (Å²) < 4.78 is 0. The molecule has 1 saturated carbocycles. The molecule has 0 aliphatic heterocycles. The summed E-state index contributed by atoms with van der Waals surface area (Å²) in [4.78, 5) is 4.39. The zero-order chi connectivity index (χ0) is 11.4. The lowest BCUT2D eigenvalue weighted by Gasteiger charge is -2.27. The van der Waals surface area contributed by atoms with Gasteiger partial charge in [0.2, 0.25) is 0 Å². The fourth-order valence-corrected chi connectivity index (χ4v) is 2.63. The molecular weight excluding hydrogens is 196 g/mol. The molecule has 1 aliphatic rings. The SMILES string of the molecule is CCC1(CNc2ccc(C)cn2)CCCC1. The molecule has 16 heavy (non-hydrogen) atoms. The van der Waals surface area contributed by atoms with Crippen molar-refractivity contribution >= 4 is 5.82 Å². The van der Waals surface area contributed by atoms with E-state index in [0.717, 1.165) is 12.4 Å². The van der Waals surface area contributed by atoms with E-state index in [9.17, 15) is 0 Å². The number of aromatic nitrogens is 1. The zero-order valence-corrected chi connectivity index (χ0v) is 10.4. The van der Waals surface area contributed by atoms with Crippen molar-refractivity contribution in [3.8, 4) is 0 Å². The fraction of sp³-hybridized carbons (Fsp3) is 0.643. The summed E-state index contributed by atoms with van der Waals surface area (Å²) in [5.74, 6) is 1.02. The van der Waals surface area contributed by atoms with Crippen molar-refractivity contribution in [1.29, 1.82) is 0 Å². The zero-order valence-electron chi connectivity index (χ0n) is 10.4. The Labute approximate surface area is 98.5 Å². The highest BCUT2D eigenvalue weighted by atomic mass is 15.0. The highest BCUT2D eigenvalue weighted by molar-refractivity contribution is 5.35. The molecule has 0 radical (unpaired) electrons. The summed E-state index contributed by atoms with van der Waals surface area (Å²) >= 11 is 0. The minimum absolute atomic E-state index is 0.534. The van der Waals surface area contributed by atoms with Crippen LogP contribution in [0.25, 0.3) is 0 Å². The Morgan fingerprint density at radius 3 is 2.62 bits per heavy atom. The topological polar surface area (TPSA) is 24.9 Å². The van der Waals surface area contributed by atoms with Gasteiger partial charge in [-0.1, -0.05) is 25.8 Å². The average molecular weight is 218 g/mol. The fourth-order valence-electron chi connectivity index (χ4n) is 2.63. The van der Waals surface area contributed by atoms with Crippen LogP contribution in [0.5, 0.6) is 0 Å². The van der Waals surface area contributed by atoms with Crippen molar-refractivity contribution in [2.24, 2.45) is 5.41 Å². The maximum atomic E-state index is 4.39. The lowest BCUT2D eigenvalue weighted by molar-refractivity contribution is 0.306. The number of hydrogen-bond acceptors (Lipinski definition) is 2. The molecule has 1 heterocycles. The van der Waals surface area contributed by atoms with Crippen LogP contribution in [0.2, 0.25) is 0 Å². The van der Waals surface area contributed by atoms with Crippen LogP contribution in [-0.4, -0.2) is 11.5 Å². The van der Waals surface area contributed by atoms with E-state index >= 15 is 0 Å². The first-order valence-corrected chi connectivity index (χ1v) is 6.41. The van der Waals surface area contributed by atoms with Crippen molar-refractivity contribution in [2.75, 3.05) is 11.9 Å². The molecule has 0 bridgehead atoms. The predicted molar refractivity (Wildman–Crippen MR) is 68.7 cm³/mol. The van der Waals surface area contributed by atoms with Crippen LogP contribution in [0.3, 0.4) is 0 Å². The summed E-state index contributed by atoms with van der Waals surface area (Å²) in [6.45, 7) is 5.47. The number of anilines is 1. The van der Waals surface area contributed by atoms with Gasteiger partial charge in [-0.25, -0.2) is 4.98 Å². The highest BCUT2D eigenvalue weighted by Gasteiger charge is 2.31. The standard InChI is InChI=1S/C14H22N2/c1-3-14(8-4-5-9-14)11-16-13-7-6-12(2)10-15-13/h6-7,10H,3-5,8-9,11H2,1-2H3,(H,15,16). The Morgan fingerprint density at radius 2 is 2.06 bits per heavy atom. The van der Waals surface area contributed by atoms with E-state index < -0.39 is 0 Å². The van der Waals surface area contributed by atoms with Crippen LogP contribution in [0.4, 0.5) is 5.82 Å². The molecule has 0 aromatic carbocycles. The summed E-state index contributed by atoms with van der Waals surface area (Å²) in [7, 11) is 0. The number of hydrogen-bond donors (Lipinski definition) is 1. The van der Waals surface area contributed by atoms with E-state index in [1.165, 1.54) is 37.7 Å². The second kappa shape index (κ2) is 4.86. The van der Waals surface area contributed by atoms with Gasteiger partial charge >= 0.3 is 0 Å². The summed E-state index contributed by atoms with van der Waals surface area (Å²) in [5.41, 5.74) is 1.75. The molecule has 0 unspecified atom stereocenters. The molecule has 88 valence electrons. The molecular formula is C14H22N2. The maximum absolute atomic E-state index is 4.39. The molecule has 0 amide bonds. The summed E-state index contributed by atoms with van der Waals surface area (Å²) in [5, 5.41) is 3.49. The average Bonchev–Trinajstić information content (AvgIpc) is 2.78. The van der Waals surface area contributed by atoms with Crippen LogP contribution < -0.4 is 5.32 Å². The van der Waals surface area contributed by atoms with E-state index in [1.54, 1.807) is 0 Å². The van der Waals surface area contributed by atoms with Crippen molar-refractivity contribution < 1.29 is 0 Å². The second-order valence-electron chi connectivity index (χ2n) is 5.14. The van der Waals surface area contributed by atoms with E-state index in [4.69, 9.17) is 0 Å². The van der Waals surface area contributed by atoms with Gasteiger partial charge in [-0.05, 0) is 43.2 Å². The van der Waals surface area contributed by atoms with Crippen LogP contribution in [0.1, 0.15) is 44.6 Å². The predicted octanol–water partition coefficient (Wildman–Crippen LogP) is 3.77. The van der Waals surface area contributed by atoms with Gasteiger partial charge in [0.25, 0.3) is 0 Å². The van der Waals surface area contributed by atoms with Crippen LogP contribution in [-0.2, 0) is 0 Å². The van der Waals surface area contributed by atoms with Gasteiger partial charge < -0.3 is 5.32 Å². The number of aryl methyl sites for hydroxylation is 1. The molecule has 2 heteroatoms. The van der Waals surface area contributed by atoms with Crippen molar-refractivity contribution in [2.45, 2.75) is 46.0 Å². The van der Waals surface area contributed by atoms with Gasteiger partial charge in [0.15, 0.2) is 0 Å². The van der Waals surface area contributed by atoms with Crippen molar-refractivity contribution in [3.05, 3.63) is 23.9 Å². The Hall–Kier alpha value is -1.05. The quantitative estimate of drug-likeness (QED) is 0.832. The molecule has 1 N–H and O–H groups in total. The van der Waals surface area contributed by atoms with Crippen LogP contribution >= 0.6 is 0 Å². The molecule has 1 aromatic rings. The Kier molecular flexibility index (Phi) is 3.47. The molecule has 1 aromatic heterocycles. The van der Waals surface area contributed by atoms with Gasteiger partial charge in [-0.3, -0.25) is 0 Å². The van der Waals surface area contributed by atoms with Crippen molar-refractivity contribution in [1.82, 2.24) is 4.98 Å². The van der Waals surface area contributed by atoms with Crippen LogP contribution in [0.15, 0.2) is 18.3 Å². The number of pyridine rings is 1. The first kappa shape index (κ1) is 11.4. The van der Waals surface area contributed by atoms with Crippen LogP contribution in [0, 0.1) is 12.3 Å². The molecule has 0 saturated heterocycles. The second-order valence-corrected chi connectivity index (χ2v) is 5.14. The smallest absolute Gasteiger partial charge is 0.125 e. The number of nitrogens with zero attached hydrogens (tertiary/aromatic N) is 1. The molecule has 1 aliphatic carbocycles. The third-order valence-corrected chi connectivity index (χ3v) is 3.97. The summed E-state index contributed by atoms with van der Waals surface area (Å²) in [6, 6.07) is 4.19. The summed E-state index contributed by atoms with van der Waals surface area (Å²) in [6.07, 6.45) is 8.76. The monoisotopic (exact) mass is 218 g/mol. The van der Waals surface area contributed by atoms with Crippen molar-refractivity contribution in [3.63, 3.8) is 0 Å². The van der Waals surface area contributed by atoms with E-state index in [-0.39, 0.29) is 0 Å². The number of nitrogens with one attached hydrogen (secondary N) is 1. The molecule has 0 spiro atoms. The largest absolute Gasteiger partial charge is 0.370 e.